The van der Waals surface area contributed by atoms with Crippen LogP contribution in [0.3, 0.4) is 0 Å². The smallest absolute Gasteiger partial charge is 0.339 e. The van der Waals surface area contributed by atoms with Gasteiger partial charge >= 0.3 is 5.97 Å². The van der Waals surface area contributed by atoms with Crippen molar-refractivity contribution in [2.45, 2.75) is 11.3 Å². The molecule has 1 aromatic rings. The topological polar surface area (TPSA) is 81.4 Å². The van der Waals surface area contributed by atoms with Crippen LogP contribution in [0.2, 0.25) is 0 Å². The summed E-state index contributed by atoms with van der Waals surface area (Å²) in [6.07, 6.45) is 0.993. The largest absolute Gasteiger partial charge is 0.465 e. The highest BCUT2D eigenvalue weighted by molar-refractivity contribution is 7.98. The Bertz CT molecular complexity index is 509. The summed E-state index contributed by atoms with van der Waals surface area (Å²) < 4.78 is 14.9. The Kier molecular flexibility index (Phi) is 5.76. The predicted octanol–water partition coefficient (Wildman–Crippen LogP) is 1.75. The lowest BCUT2D eigenvalue weighted by molar-refractivity contribution is -0.109. The number of carbonyl (C=O) groups excluding carboxylic acids is 1. The van der Waals surface area contributed by atoms with Crippen LogP contribution < -0.4 is 0 Å². The molecule has 102 valence electrons. The molecule has 19 heavy (non-hydrogen) atoms. The molecule has 1 rings (SSSR count). The molecule has 0 radical (unpaired) electrons. The van der Waals surface area contributed by atoms with E-state index in [4.69, 9.17) is 14.7 Å². The summed E-state index contributed by atoms with van der Waals surface area (Å²) in [4.78, 5) is 16.0. The number of hydrogen-bond donors (Lipinski definition) is 0. The van der Waals surface area contributed by atoms with Crippen molar-refractivity contribution >= 4 is 17.7 Å². The number of carbonyl (C=O) groups is 1. The summed E-state index contributed by atoms with van der Waals surface area (Å²) in [5.41, 5.74) is 0.758. The number of pyridine rings is 1. The number of ether oxygens (including phenoxy) is 3. The summed E-state index contributed by atoms with van der Waals surface area (Å²) in [6, 6.07) is 3.43. The van der Waals surface area contributed by atoms with Crippen LogP contribution in [-0.4, -0.2) is 38.5 Å². The average Bonchev–Trinajstić information content (AvgIpc) is 2.46. The van der Waals surface area contributed by atoms with Gasteiger partial charge in [0.05, 0.1) is 18.2 Å². The van der Waals surface area contributed by atoms with E-state index in [1.54, 1.807) is 6.26 Å². The summed E-state index contributed by atoms with van der Waals surface area (Å²) in [5, 5.41) is 9.56. The molecule has 0 amide bonds. The lowest BCUT2D eigenvalue weighted by Gasteiger charge is -2.17. The summed E-state index contributed by atoms with van der Waals surface area (Å²) in [6.45, 7) is 0. The number of methoxy groups -OCH3 is 3. The minimum Gasteiger partial charge on any atom is -0.465 e. The molecular weight excluding hydrogens is 268 g/mol. The van der Waals surface area contributed by atoms with Gasteiger partial charge in [-0.05, 0) is 12.3 Å². The number of nitrogens with zero attached hydrogens (tertiary/aromatic N) is 2. The van der Waals surface area contributed by atoms with Crippen molar-refractivity contribution < 1.29 is 19.0 Å². The van der Waals surface area contributed by atoms with Gasteiger partial charge in [0, 0.05) is 14.2 Å². The molecule has 0 saturated heterocycles. The SMILES string of the molecule is COC(=O)c1cc(C#N)c(SC)nc1C(OC)OC. The van der Waals surface area contributed by atoms with Crippen LogP contribution in [0.25, 0.3) is 0 Å². The highest BCUT2D eigenvalue weighted by atomic mass is 32.2. The van der Waals surface area contributed by atoms with Gasteiger partial charge in [-0.3, -0.25) is 0 Å². The second kappa shape index (κ2) is 7.09. The van der Waals surface area contributed by atoms with Gasteiger partial charge in [-0.2, -0.15) is 5.26 Å². The van der Waals surface area contributed by atoms with Crippen molar-refractivity contribution in [1.29, 1.82) is 5.26 Å². The van der Waals surface area contributed by atoms with Gasteiger partial charge in [0.1, 0.15) is 16.8 Å². The fourth-order valence-corrected chi connectivity index (χ4v) is 2.03. The third-order valence-corrected chi connectivity index (χ3v) is 3.09. The molecule has 0 unspecified atom stereocenters. The van der Waals surface area contributed by atoms with Gasteiger partial charge in [0.15, 0.2) is 0 Å². The Morgan fingerprint density at radius 3 is 2.47 bits per heavy atom. The monoisotopic (exact) mass is 282 g/mol. The second-order valence-electron chi connectivity index (χ2n) is 3.38. The van der Waals surface area contributed by atoms with E-state index in [9.17, 15) is 4.79 Å². The highest BCUT2D eigenvalue weighted by Gasteiger charge is 2.24. The lowest BCUT2D eigenvalue weighted by atomic mass is 10.1. The van der Waals surface area contributed by atoms with Crippen LogP contribution in [0.15, 0.2) is 11.1 Å². The first-order valence-corrected chi connectivity index (χ1v) is 6.48. The maximum atomic E-state index is 11.7. The highest BCUT2D eigenvalue weighted by Crippen LogP contribution is 2.26. The van der Waals surface area contributed by atoms with Crippen molar-refractivity contribution in [3.05, 3.63) is 22.9 Å². The third-order valence-electron chi connectivity index (χ3n) is 2.39. The van der Waals surface area contributed by atoms with Crippen LogP contribution in [0, 0.1) is 11.3 Å². The predicted molar refractivity (Wildman–Crippen MR) is 68.8 cm³/mol. The summed E-state index contributed by atoms with van der Waals surface area (Å²) in [5.74, 6) is -0.592. The molecule has 0 aliphatic rings. The zero-order chi connectivity index (χ0) is 14.4. The Morgan fingerprint density at radius 1 is 1.42 bits per heavy atom. The molecule has 1 aromatic heterocycles. The van der Waals surface area contributed by atoms with E-state index in [-0.39, 0.29) is 5.56 Å². The maximum Gasteiger partial charge on any atom is 0.339 e. The number of thioether (sulfide) groups is 1. The summed E-state index contributed by atoms with van der Waals surface area (Å²) >= 11 is 1.30. The van der Waals surface area contributed by atoms with Crippen molar-refractivity contribution in [3.8, 4) is 6.07 Å². The first-order valence-electron chi connectivity index (χ1n) is 5.25. The fraction of sp³-hybridized carbons (Fsp3) is 0.417. The number of esters is 1. The van der Waals surface area contributed by atoms with Crippen LogP contribution in [0.4, 0.5) is 0 Å². The average molecular weight is 282 g/mol. The van der Waals surface area contributed by atoms with Gasteiger partial charge < -0.3 is 14.2 Å². The molecule has 1 heterocycles. The Hall–Kier alpha value is -1.62. The zero-order valence-electron chi connectivity index (χ0n) is 11.1. The molecule has 0 fully saturated rings. The van der Waals surface area contributed by atoms with Crippen molar-refractivity contribution in [2.24, 2.45) is 0 Å². The lowest BCUT2D eigenvalue weighted by Crippen LogP contribution is -2.15. The minimum atomic E-state index is -0.798. The van der Waals surface area contributed by atoms with E-state index in [1.807, 2.05) is 6.07 Å². The molecule has 0 atom stereocenters. The van der Waals surface area contributed by atoms with E-state index in [0.717, 1.165) is 0 Å². The maximum absolute atomic E-state index is 11.7. The first kappa shape index (κ1) is 15.4. The van der Waals surface area contributed by atoms with Gasteiger partial charge in [0.25, 0.3) is 0 Å². The van der Waals surface area contributed by atoms with Crippen LogP contribution in [-0.2, 0) is 14.2 Å². The van der Waals surface area contributed by atoms with Gasteiger partial charge in [-0.15, -0.1) is 11.8 Å². The van der Waals surface area contributed by atoms with Crippen LogP contribution in [0.1, 0.15) is 27.9 Å². The number of nitriles is 1. The van der Waals surface area contributed by atoms with Crippen molar-refractivity contribution in [2.75, 3.05) is 27.6 Å². The van der Waals surface area contributed by atoms with Gasteiger partial charge in [-0.1, -0.05) is 0 Å². The quantitative estimate of drug-likeness (QED) is 0.462. The molecule has 0 aliphatic heterocycles. The van der Waals surface area contributed by atoms with E-state index < -0.39 is 12.3 Å². The molecule has 0 aliphatic carbocycles. The molecule has 0 bridgehead atoms. The fourth-order valence-electron chi connectivity index (χ4n) is 1.52. The Balaban J connectivity index is 3.49. The minimum absolute atomic E-state index is 0.158. The second-order valence-corrected chi connectivity index (χ2v) is 4.18. The van der Waals surface area contributed by atoms with E-state index in [0.29, 0.717) is 16.3 Å². The third kappa shape index (κ3) is 3.23. The molecule has 0 spiro atoms. The first-order chi connectivity index (χ1) is 9.12. The van der Waals surface area contributed by atoms with E-state index >= 15 is 0 Å². The van der Waals surface area contributed by atoms with Crippen molar-refractivity contribution in [1.82, 2.24) is 4.98 Å². The molecule has 0 N–H and O–H groups in total. The Labute approximate surface area is 115 Å². The Morgan fingerprint density at radius 2 is 2.05 bits per heavy atom. The van der Waals surface area contributed by atoms with Crippen molar-refractivity contribution in [3.63, 3.8) is 0 Å². The summed E-state index contributed by atoms with van der Waals surface area (Å²) in [7, 11) is 4.14. The van der Waals surface area contributed by atoms with Gasteiger partial charge in [0.2, 0.25) is 6.29 Å². The standard InChI is InChI=1S/C12H14N2O4S/c1-16-11(15)8-5-7(6-13)10(19-4)14-9(8)12(17-2)18-3/h5,12H,1-4H3. The number of aromatic nitrogens is 1. The molecule has 6 nitrogen and oxygen atoms in total. The zero-order valence-corrected chi connectivity index (χ0v) is 11.9. The number of hydrogen-bond acceptors (Lipinski definition) is 7. The number of rotatable bonds is 5. The normalized spacial score (nSPS) is 10.3. The molecule has 0 aromatic carbocycles. The van der Waals surface area contributed by atoms with E-state index in [2.05, 4.69) is 9.72 Å². The van der Waals surface area contributed by atoms with E-state index in [1.165, 1.54) is 39.2 Å². The molecular formula is C12H14N2O4S. The van der Waals surface area contributed by atoms with Gasteiger partial charge in [-0.25, -0.2) is 9.78 Å². The molecule has 0 saturated carbocycles. The van der Waals surface area contributed by atoms with Crippen LogP contribution in [0.5, 0.6) is 0 Å². The molecule has 7 heteroatoms. The van der Waals surface area contributed by atoms with Crippen LogP contribution >= 0.6 is 11.8 Å².